The number of amides is 1. The minimum Gasteiger partial charge on any atom is -0.478 e. The van der Waals surface area contributed by atoms with Gasteiger partial charge in [-0.15, -0.1) is 0 Å². The van der Waals surface area contributed by atoms with Gasteiger partial charge in [0.1, 0.15) is 11.4 Å². The molecule has 7 nitrogen and oxygen atoms in total. The van der Waals surface area contributed by atoms with Gasteiger partial charge in [0.25, 0.3) is 0 Å². The number of hydrogen-bond acceptors (Lipinski definition) is 5. The number of ether oxygens (including phenoxy) is 1. The molecule has 1 aromatic heterocycles. The summed E-state index contributed by atoms with van der Waals surface area (Å²) in [6.07, 6.45) is 1.71. The highest BCUT2D eigenvalue weighted by Gasteiger charge is 2.18. The first-order chi connectivity index (χ1) is 16.0. The third-order valence-corrected chi connectivity index (χ3v) is 4.88. The van der Waals surface area contributed by atoms with Crippen molar-refractivity contribution >= 4 is 17.8 Å². The maximum absolute atomic E-state index is 14.0. The van der Waals surface area contributed by atoms with Gasteiger partial charge in [0.05, 0.1) is 11.8 Å². The average Bonchev–Trinajstić information content (AvgIpc) is 2.78. The molecule has 0 aliphatic heterocycles. The molecule has 0 bridgehead atoms. The summed E-state index contributed by atoms with van der Waals surface area (Å²) in [5, 5.41) is 12.1. The van der Waals surface area contributed by atoms with Gasteiger partial charge in [-0.1, -0.05) is 24.3 Å². The Bertz CT molecular complexity index is 1230. The van der Waals surface area contributed by atoms with Gasteiger partial charge in [0, 0.05) is 24.7 Å². The Labute approximate surface area is 196 Å². The monoisotopic (exact) mass is 464 g/mol. The molecule has 0 fully saturated rings. The molecule has 3 rings (SSSR count). The zero-order chi connectivity index (χ0) is 24.9. The first kappa shape index (κ1) is 24.6. The number of benzene rings is 2. The maximum Gasteiger partial charge on any atom is 0.407 e. The fraction of sp³-hybridized carbons (Fsp3) is 0.231. The molecule has 0 spiro atoms. The number of hydrogen-bond donors (Lipinski definition) is 2. The number of carbonyl (C=O) groups is 3. The summed E-state index contributed by atoms with van der Waals surface area (Å²) in [7, 11) is 0. The molecule has 0 radical (unpaired) electrons. The van der Waals surface area contributed by atoms with Crippen LogP contribution in [0, 0.1) is 5.82 Å². The topological polar surface area (TPSA) is 106 Å². The number of carboxylic acid groups (broad SMARTS) is 1. The van der Waals surface area contributed by atoms with Gasteiger partial charge < -0.3 is 15.2 Å². The second kappa shape index (κ2) is 10.2. The van der Waals surface area contributed by atoms with Crippen molar-refractivity contribution in [3.8, 4) is 11.1 Å². The Balaban J connectivity index is 1.95. The molecule has 0 aliphatic carbocycles. The molecule has 8 heteroatoms. The number of carboxylic acids is 1. The molecule has 0 unspecified atom stereocenters. The summed E-state index contributed by atoms with van der Waals surface area (Å²) in [5.74, 6) is -1.97. The van der Waals surface area contributed by atoms with E-state index in [1.807, 2.05) is 0 Å². The lowest BCUT2D eigenvalue weighted by molar-refractivity contribution is 0.0523. The number of nitrogens with one attached hydrogen (secondary N) is 1. The molecule has 1 amide bonds. The van der Waals surface area contributed by atoms with Crippen molar-refractivity contribution in [2.24, 2.45) is 0 Å². The van der Waals surface area contributed by atoms with Crippen molar-refractivity contribution in [2.45, 2.75) is 39.3 Å². The highest BCUT2D eigenvalue weighted by atomic mass is 19.1. The van der Waals surface area contributed by atoms with Crippen LogP contribution in [0.5, 0.6) is 0 Å². The number of nitrogens with zero attached hydrogens (tertiary/aromatic N) is 1. The molecule has 176 valence electrons. The SMILES string of the molecule is CC(C)(C)OC(=O)NCc1ccc(C(=O)Cc2ccncc2F)cc1-c1cccc(C(=O)O)c1. The predicted octanol–water partition coefficient (Wildman–Crippen LogP) is 5.04. The molecule has 3 aromatic rings. The van der Waals surface area contributed by atoms with Crippen molar-refractivity contribution < 1.29 is 28.6 Å². The van der Waals surface area contributed by atoms with Crippen LogP contribution in [-0.4, -0.2) is 33.5 Å². The molecule has 0 aliphatic rings. The summed E-state index contributed by atoms with van der Waals surface area (Å²) in [4.78, 5) is 40.2. The lowest BCUT2D eigenvalue weighted by atomic mass is 9.93. The molecular formula is C26H25FN2O5. The molecule has 0 saturated heterocycles. The van der Waals surface area contributed by atoms with Crippen LogP contribution in [0.25, 0.3) is 11.1 Å². The van der Waals surface area contributed by atoms with Crippen molar-refractivity contribution in [3.63, 3.8) is 0 Å². The molecule has 2 N–H and O–H groups in total. The van der Waals surface area contributed by atoms with E-state index in [2.05, 4.69) is 10.3 Å². The highest BCUT2D eigenvalue weighted by Crippen LogP contribution is 2.27. The van der Waals surface area contributed by atoms with Gasteiger partial charge in [-0.05, 0) is 67.3 Å². The third kappa shape index (κ3) is 6.48. The normalized spacial score (nSPS) is 11.1. The van der Waals surface area contributed by atoms with Crippen LogP contribution in [0.2, 0.25) is 0 Å². The number of aromatic carboxylic acids is 1. The van der Waals surface area contributed by atoms with E-state index in [4.69, 9.17) is 4.74 Å². The van der Waals surface area contributed by atoms with E-state index in [1.165, 1.54) is 24.4 Å². The summed E-state index contributed by atoms with van der Waals surface area (Å²) in [6, 6.07) is 12.6. The number of Topliss-reactive ketones (excluding diaryl/α,β-unsaturated/α-hetero) is 1. The van der Waals surface area contributed by atoms with E-state index < -0.39 is 23.5 Å². The first-order valence-electron chi connectivity index (χ1n) is 10.6. The van der Waals surface area contributed by atoms with Crippen LogP contribution < -0.4 is 5.32 Å². The van der Waals surface area contributed by atoms with Crippen molar-refractivity contribution in [3.05, 3.63) is 89.0 Å². The molecule has 0 atom stereocenters. The fourth-order valence-electron chi connectivity index (χ4n) is 3.30. The van der Waals surface area contributed by atoms with Crippen molar-refractivity contribution in [2.75, 3.05) is 0 Å². The third-order valence-electron chi connectivity index (χ3n) is 4.88. The van der Waals surface area contributed by atoms with Crippen LogP contribution in [0.1, 0.15) is 52.6 Å². The number of pyridine rings is 1. The second-order valence-electron chi connectivity index (χ2n) is 8.68. The van der Waals surface area contributed by atoms with Gasteiger partial charge >= 0.3 is 12.1 Å². The highest BCUT2D eigenvalue weighted by molar-refractivity contribution is 5.99. The lowest BCUT2D eigenvalue weighted by Gasteiger charge is -2.20. The Morgan fingerprint density at radius 1 is 1.03 bits per heavy atom. The van der Waals surface area contributed by atoms with Gasteiger partial charge in [-0.25, -0.2) is 14.0 Å². The maximum atomic E-state index is 14.0. The van der Waals surface area contributed by atoms with Gasteiger partial charge in [0.2, 0.25) is 0 Å². The minimum atomic E-state index is -1.09. The number of ketones is 1. The number of halogens is 1. The van der Waals surface area contributed by atoms with Crippen LogP contribution in [0.15, 0.2) is 60.9 Å². The van der Waals surface area contributed by atoms with Crippen LogP contribution in [0.3, 0.4) is 0 Å². The molecule has 0 saturated carbocycles. The van der Waals surface area contributed by atoms with E-state index in [-0.39, 0.29) is 29.9 Å². The van der Waals surface area contributed by atoms with Crippen molar-refractivity contribution in [1.82, 2.24) is 10.3 Å². The standard InChI is InChI=1S/C26H25FN2O5/c1-26(2,3)34-25(33)29-14-20-8-7-18(23(30)13-17-9-10-28-15-22(17)27)12-21(20)16-5-4-6-19(11-16)24(31)32/h4-12,15H,13-14H2,1-3H3,(H,29,33)(H,31,32). The van der Waals surface area contributed by atoms with Crippen LogP contribution in [-0.2, 0) is 17.7 Å². The summed E-state index contributed by atoms with van der Waals surface area (Å²) in [5.41, 5.74) is 1.75. The van der Waals surface area contributed by atoms with Gasteiger partial charge in [-0.2, -0.15) is 0 Å². The average molecular weight is 464 g/mol. The molecular weight excluding hydrogens is 439 g/mol. The smallest absolute Gasteiger partial charge is 0.407 e. The van der Waals surface area contributed by atoms with E-state index in [1.54, 1.807) is 51.1 Å². The summed E-state index contributed by atoms with van der Waals surface area (Å²) >= 11 is 0. The number of alkyl carbamates (subject to hydrolysis) is 1. The minimum absolute atomic E-state index is 0.0825. The van der Waals surface area contributed by atoms with E-state index >= 15 is 0 Å². The van der Waals surface area contributed by atoms with Crippen molar-refractivity contribution in [1.29, 1.82) is 0 Å². The predicted molar refractivity (Wildman–Crippen MR) is 124 cm³/mol. The first-order valence-corrected chi connectivity index (χ1v) is 10.6. The largest absolute Gasteiger partial charge is 0.478 e. The second-order valence-corrected chi connectivity index (χ2v) is 8.68. The van der Waals surface area contributed by atoms with Gasteiger partial charge in [0.15, 0.2) is 5.78 Å². The Kier molecular flexibility index (Phi) is 7.40. The fourth-order valence-corrected chi connectivity index (χ4v) is 3.30. The number of aromatic nitrogens is 1. The van der Waals surface area contributed by atoms with Crippen LogP contribution >= 0.6 is 0 Å². The molecule has 1 heterocycles. The Morgan fingerprint density at radius 3 is 2.47 bits per heavy atom. The number of rotatable bonds is 7. The van der Waals surface area contributed by atoms with E-state index in [0.29, 0.717) is 22.3 Å². The Morgan fingerprint density at radius 2 is 1.79 bits per heavy atom. The summed E-state index contributed by atoms with van der Waals surface area (Å²) < 4.78 is 19.2. The molecule has 2 aromatic carbocycles. The van der Waals surface area contributed by atoms with Gasteiger partial charge in [-0.3, -0.25) is 9.78 Å². The zero-order valence-electron chi connectivity index (χ0n) is 19.1. The quantitative estimate of drug-likeness (QED) is 0.475. The van der Waals surface area contributed by atoms with E-state index in [9.17, 15) is 23.9 Å². The van der Waals surface area contributed by atoms with E-state index in [0.717, 1.165) is 6.20 Å². The molecule has 34 heavy (non-hydrogen) atoms. The van der Waals surface area contributed by atoms with Crippen LogP contribution in [0.4, 0.5) is 9.18 Å². The Hall–Kier alpha value is -4.07. The number of carbonyl (C=O) groups excluding carboxylic acids is 2. The summed E-state index contributed by atoms with van der Waals surface area (Å²) in [6.45, 7) is 5.35. The lowest BCUT2D eigenvalue weighted by Crippen LogP contribution is -2.32. The zero-order valence-corrected chi connectivity index (χ0v) is 19.1.